The molecule has 1 fully saturated rings. The van der Waals surface area contributed by atoms with Gasteiger partial charge in [-0.25, -0.2) is 0 Å². The lowest BCUT2D eigenvalue weighted by atomic mass is 9.90. The molecule has 0 radical (unpaired) electrons. The molecular formula is C25H31F6NSi. The van der Waals surface area contributed by atoms with Gasteiger partial charge in [-0.3, -0.25) is 4.90 Å². The van der Waals surface area contributed by atoms with Crippen LogP contribution >= 0.6 is 0 Å². The van der Waals surface area contributed by atoms with Crippen molar-refractivity contribution in [3.8, 4) is 0 Å². The Kier molecular flexibility index (Phi) is 7.68. The first kappa shape index (κ1) is 25.8. The molecule has 33 heavy (non-hydrogen) atoms. The summed E-state index contributed by atoms with van der Waals surface area (Å²) in [5, 5.41) is 0. The summed E-state index contributed by atoms with van der Waals surface area (Å²) >= 11 is 0. The Morgan fingerprint density at radius 2 is 1.33 bits per heavy atom. The lowest BCUT2D eigenvalue weighted by Gasteiger charge is -2.42. The van der Waals surface area contributed by atoms with Crippen LogP contribution in [-0.2, 0) is 12.4 Å². The van der Waals surface area contributed by atoms with Crippen molar-refractivity contribution in [1.82, 2.24) is 4.90 Å². The highest BCUT2D eigenvalue weighted by atomic mass is 28.3. The smallest absolute Gasteiger partial charge is 0.289 e. The van der Waals surface area contributed by atoms with Gasteiger partial charge in [0, 0.05) is 20.2 Å². The van der Waals surface area contributed by atoms with Crippen LogP contribution in [-0.4, -0.2) is 19.5 Å². The summed E-state index contributed by atoms with van der Waals surface area (Å²) in [5.41, 5.74) is 0.312. The number of halogens is 6. The Labute approximate surface area is 192 Å². The van der Waals surface area contributed by atoms with Crippen molar-refractivity contribution in [2.75, 3.05) is 6.54 Å². The predicted molar refractivity (Wildman–Crippen MR) is 122 cm³/mol. The van der Waals surface area contributed by atoms with Crippen LogP contribution in [0.4, 0.5) is 26.3 Å². The van der Waals surface area contributed by atoms with Crippen LogP contribution in [0, 0.1) is 0 Å². The maximum Gasteiger partial charge on any atom is 0.416 e. The van der Waals surface area contributed by atoms with Crippen LogP contribution in [0.2, 0.25) is 25.7 Å². The molecule has 1 nitrogen and oxygen atoms in total. The number of rotatable bonds is 6. The monoisotopic (exact) mass is 487 g/mol. The number of likely N-dealkylation sites (tertiary alicyclic amines) is 1. The van der Waals surface area contributed by atoms with Crippen molar-refractivity contribution in [1.29, 1.82) is 0 Å². The average Bonchev–Trinajstić information content (AvgIpc) is 2.73. The third-order valence-electron chi connectivity index (χ3n) is 6.36. The van der Waals surface area contributed by atoms with Gasteiger partial charge in [0.25, 0.3) is 0 Å². The van der Waals surface area contributed by atoms with Gasteiger partial charge in [0.05, 0.1) is 11.1 Å². The van der Waals surface area contributed by atoms with Crippen molar-refractivity contribution < 1.29 is 26.3 Å². The minimum absolute atomic E-state index is 0.0602. The first-order valence-corrected chi connectivity index (χ1v) is 15.1. The van der Waals surface area contributed by atoms with Gasteiger partial charge < -0.3 is 0 Å². The van der Waals surface area contributed by atoms with Crippen molar-refractivity contribution in [3.05, 3.63) is 70.8 Å². The number of nitrogens with zero attached hydrogens (tertiary/aromatic N) is 1. The zero-order chi connectivity index (χ0) is 24.4. The second-order valence-corrected chi connectivity index (χ2v) is 15.7. The molecule has 8 heteroatoms. The first-order chi connectivity index (χ1) is 15.3. The van der Waals surface area contributed by atoms with E-state index in [0.29, 0.717) is 0 Å². The molecule has 1 heterocycles. The maximum atomic E-state index is 13.1. The Morgan fingerprint density at radius 1 is 0.818 bits per heavy atom. The number of hydrogen-bond acceptors (Lipinski definition) is 1. The van der Waals surface area contributed by atoms with Crippen LogP contribution in [0.3, 0.4) is 0 Å². The Bertz CT molecular complexity index is 897. The molecule has 1 saturated heterocycles. The predicted octanol–water partition coefficient (Wildman–Crippen LogP) is 8.72. The van der Waals surface area contributed by atoms with Gasteiger partial charge in [-0.2, -0.15) is 26.3 Å². The molecule has 1 aliphatic rings. The second kappa shape index (κ2) is 9.82. The topological polar surface area (TPSA) is 3.24 Å². The average molecular weight is 488 g/mol. The fourth-order valence-electron chi connectivity index (χ4n) is 4.57. The summed E-state index contributed by atoms with van der Waals surface area (Å²) in [6.45, 7) is 7.56. The van der Waals surface area contributed by atoms with Gasteiger partial charge in [0.15, 0.2) is 0 Å². The molecule has 0 unspecified atom stereocenters. The first-order valence-electron chi connectivity index (χ1n) is 11.4. The molecule has 0 amide bonds. The summed E-state index contributed by atoms with van der Waals surface area (Å²) in [7, 11) is -1.42. The SMILES string of the molecule is C[Si](C)(C)CC[C@H](c1ccc(C(F)(F)F)cc1)N1CCCC[C@H]1c1ccc(C(F)(F)F)cc1. The largest absolute Gasteiger partial charge is 0.416 e. The second-order valence-electron chi connectivity index (χ2n) is 10.1. The standard InChI is InChI=1S/C25H31F6NSi/c1-33(2,3)17-15-23(19-9-13-21(14-10-19)25(29,30)31)32-16-5-4-6-22(32)18-7-11-20(12-8-18)24(26,27)28/h7-14,22-23H,4-6,15-17H2,1-3H3/t22-,23+/m0/s1. The Morgan fingerprint density at radius 3 is 1.82 bits per heavy atom. The molecule has 1 aliphatic heterocycles. The maximum absolute atomic E-state index is 13.1. The molecule has 182 valence electrons. The normalized spacial score (nSPS) is 19.5. The summed E-state index contributed by atoms with van der Waals surface area (Å²) in [5.74, 6) is 0. The van der Waals surface area contributed by atoms with E-state index in [1.165, 1.54) is 0 Å². The fourth-order valence-corrected chi connectivity index (χ4v) is 5.71. The van der Waals surface area contributed by atoms with E-state index in [1.54, 1.807) is 24.3 Å². The molecule has 0 bridgehead atoms. The minimum atomic E-state index is -4.39. The molecular weight excluding hydrogens is 456 g/mol. The van der Waals surface area contributed by atoms with Crippen molar-refractivity contribution in [3.63, 3.8) is 0 Å². The third-order valence-corrected chi connectivity index (χ3v) is 8.15. The number of alkyl halides is 6. The van der Waals surface area contributed by atoms with E-state index < -0.39 is 31.6 Å². The molecule has 0 spiro atoms. The lowest BCUT2D eigenvalue weighted by Crippen LogP contribution is -2.37. The van der Waals surface area contributed by atoms with Gasteiger partial charge in [0.1, 0.15) is 0 Å². The molecule has 3 rings (SSSR count). The molecule has 0 aromatic heterocycles. The van der Waals surface area contributed by atoms with Gasteiger partial charge >= 0.3 is 12.4 Å². The summed E-state index contributed by atoms with van der Waals surface area (Å²) in [4.78, 5) is 2.30. The summed E-state index contributed by atoms with van der Waals surface area (Å²) in [6.07, 6.45) is -5.21. The summed E-state index contributed by atoms with van der Waals surface area (Å²) < 4.78 is 78.4. The Balaban J connectivity index is 1.94. The molecule has 2 aromatic carbocycles. The third kappa shape index (κ3) is 6.85. The van der Waals surface area contributed by atoms with Gasteiger partial charge in [0.2, 0.25) is 0 Å². The molecule has 0 saturated carbocycles. The van der Waals surface area contributed by atoms with Crippen LogP contribution in [0.15, 0.2) is 48.5 Å². The highest BCUT2D eigenvalue weighted by molar-refractivity contribution is 6.76. The van der Waals surface area contributed by atoms with Crippen LogP contribution in [0.1, 0.15) is 60.0 Å². The van der Waals surface area contributed by atoms with E-state index >= 15 is 0 Å². The molecule has 0 N–H and O–H groups in total. The zero-order valence-corrected chi connectivity index (χ0v) is 20.2. The van der Waals surface area contributed by atoms with Crippen molar-refractivity contribution in [2.45, 2.75) is 75.8 Å². The van der Waals surface area contributed by atoms with Crippen molar-refractivity contribution in [2.24, 2.45) is 0 Å². The number of piperidine rings is 1. The van der Waals surface area contributed by atoms with Crippen LogP contribution < -0.4 is 0 Å². The van der Waals surface area contributed by atoms with Gasteiger partial charge in [-0.1, -0.05) is 56.4 Å². The van der Waals surface area contributed by atoms with E-state index in [1.807, 2.05) is 0 Å². The summed E-state index contributed by atoms with van der Waals surface area (Å²) in [6, 6.07) is 11.6. The molecule has 2 atom stereocenters. The van der Waals surface area contributed by atoms with E-state index in [9.17, 15) is 26.3 Å². The molecule has 0 aliphatic carbocycles. The minimum Gasteiger partial charge on any atom is -0.289 e. The van der Waals surface area contributed by atoms with Gasteiger partial charge in [-0.05, 0) is 61.2 Å². The van der Waals surface area contributed by atoms with E-state index in [2.05, 4.69) is 24.5 Å². The molecule has 2 aromatic rings. The lowest BCUT2D eigenvalue weighted by molar-refractivity contribution is -0.138. The number of benzene rings is 2. The number of hydrogen-bond donors (Lipinski definition) is 0. The van der Waals surface area contributed by atoms with Crippen LogP contribution in [0.5, 0.6) is 0 Å². The highest BCUT2D eigenvalue weighted by Crippen LogP contribution is 2.42. The quantitative estimate of drug-likeness (QED) is 0.291. The zero-order valence-electron chi connectivity index (χ0n) is 19.2. The highest BCUT2D eigenvalue weighted by Gasteiger charge is 2.35. The van der Waals surface area contributed by atoms with Gasteiger partial charge in [-0.15, -0.1) is 0 Å². The fraction of sp³-hybridized carbons (Fsp3) is 0.520. The Hall–Kier alpha value is -1.80. The van der Waals surface area contributed by atoms with Crippen molar-refractivity contribution >= 4 is 8.07 Å². The van der Waals surface area contributed by atoms with E-state index in [4.69, 9.17) is 0 Å². The van der Waals surface area contributed by atoms with E-state index in [-0.39, 0.29) is 12.1 Å². The van der Waals surface area contributed by atoms with E-state index in [0.717, 1.165) is 73.7 Å². The van der Waals surface area contributed by atoms with Crippen LogP contribution in [0.25, 0.3) is 0 Å².